The van der Waals surface area contributed by atoms with Crippen LogP contribution in [0.5, 0.6) is 0 Å². The molecule has 4 rings (SSSR count). The highest BCUT2D eigenvalue weighted by molar-refractivity contribution is 5.91. The van der Waals surface area contributed by atoms with Crippen LogP contribution in [0, 0.1) is 0 Å². The number of anilines is 3. The zero-order chi connectivity index (χ0) is 19.9. The molecule has 0 fully saturated rings. The van der Waals surface area contributed by atoms with Gasteiger partial charge in [0.05, 0.1) is 0 Å². The van der Waals surface area contributed by atoms with E-state index in [1.165, 1.54) is 0 Å². The predicted molar refractivity (Wildman–Crippen MR) is 112 cm³/mol. The van der Waals surface area contributed by atoms with E-state index in [9.17, 15) is 4.79 Å². The third-order valence-corrected chi connectivity index (χ3v) is 4.31. The monoisotopic (exact) mass is 384 g/mol. The van der Waals surface area contributed by atoms with Crippen molar-refractivity contribution in [3.05, 3.63) is 90.8 Å². The summed E-state index contributed by atoms with van der Waals surface area (Å²) in [6.45, 7) is 0. The molecule has 0 atom stereocenters. The standard InChI is InChI=1S/C22H20N6O/c29-22(14-7-17-5-2-1-3-6-17)25-19-10-8-18(9-11-19)24-20-12-13-21(27-26-20)28-16-4-15-23-28/h1-6,8-13,15-16H,7,14H2,(H,24,26)(H,25,29). The number of amides is 1. The Balaban J connectivity index is 1.30. The minimum absolute atomic E-state index is 0.00496. The second-order valence-corrected chi connectivity index (χ2v) is 6.46. The van der Waals surface area contributed by atoms with Crippen LogP contribution in [0.4, 0.5) is 17.2 Å². The van der Waals surface area contributed by atoms with Crippen molar-refractivity contribution in [3.63, 3.8) is 0 Å². The number of hydrogen-bond acceptors (Lipinski definition) is 5. The van der Waals surface area contributed by atoms with Gasteiger partial charge in [-0.05, 0) is 54.4 Å². The molecule has 0 aliphatic carbocycles. The smallest absolute Gasteiger partial charge is 0.224 e. The summed E-state index contributed by atoms with van der Waals surface area (Å²) in [5.41, 5.74) is 2.77. The minimum atomic E-state index is -0.00496. The van der Waals surface area contributed by atoms with Gasteiger partial charge in [0.1, 0.15) is 0 Å². The molecule has 2 aromatic carbocycles. The van der Waals surface area contributed by atoms with Gasteiger partial charge in [-0.3, -0.25) is 4.79 Å². The number of benzene rings is 2. The number of carbonyl (C=O) groups is 1. The maximum Gasteiger partial charge on any atom is 0.224 e. The fourth-order valence-electron chi connectivity index (χ4n) is 2.83. The lowest BCUT2D eigenvalue weighted by molar-refractivity contribution is -0.116. The predicted octanol–water partition coefficient (Wildman–Crippen LogP) is 3.98. The second kappa shape index (κ2) is 8.79. The van der Waals surface area contributed by atoms with Crippen LogP contribution in [-0.2, 0) is 11.2 Å². The van der Waals surface area contributed by atoms with Gasteiger partial charge in [0.25, 0.3) is 0 Å². The lowest BCUT2D eigenvalue weighted by atomic mass is 10.1. The van der Waals surface area contributed by atoms with Crippen LogP contribution in [0.15, 0.2) is 85.2 Å². The summed E-state index contributed by atoms with van der Waals surface area (Å²) < 4.78 is 1.64. The van der Waals surface area contributed by atoms with E-state index in [1.807, 2.05) is 79.0 Å². The summed E-state index contributed by atoms with van der Waals surface area (Å²) in [5, 5.41) is 18.5. The Labute approximate surface area is 168 Å². The molecule has 0 aliphatic rings. The van der Waals surface area contributed by atoms with Crippen molar-refractivity contribution >= 4 is 23.1 Å². The van der Waals surface area contributed by atoms with Gasteiger partial charge in [-0.15, -0.1) is 10.2 Å². The zero-order valence-corrected chi connectivity index (χ0v) is 15.7. The minimum Gasteiger partial charge on any atom is -0.339 e. The van der Waals surface area contributed by atoms with Gasteiger partial charge in [0, 0.05) is 30.2 Å². The Morgan fingerprint density at radius 1 is 0.862 bits per heavy atom. The Bertz CT molecular complexity index is 1040. The van der Waals surface area contributed by atoms with E-state index < -0.39 is 0 Å². The molecule has 0 aliphatic heterocycles. The largest absolute Gasteiger partial charge is 0.339 e. The van der Waals surface area contributed by atoms with Gasteiger partial charge in [-0.25, -0.2) is 4.68 Å². The van der Waals surface area contributed by atoms with Crippen LogP contribution < -0.4 is 10.6 Å². The molecule has 2 aromatic heterocycles. The van der Waals surface area contributed by atoms with Crippen LogP contribution in [0.25, 0.3) is 5.82 Å². The average molecular weight is 384 g/mol. The van der Waals surface area contributed by atoms with Gasteiger partial charge in [-0.2, -0.15) is 5.10 Å². The number of nitrogens with zero attached hydrogens (tertiary/aromatic N) is 4. The molecule has 0 saturated heterocycles. The molecule has 2 heterocycles. The summed E-state index contributed by atoms with van der Waals surface area (Å²) in [4.78, 5) is 12.1. The van der Waals surface area contributed by atoms with E-state index in [1.54, 1.807) is 10.9 Å². The second-order valence-electron chi connectivity index (χ2n) is 6.46. The highest BCUT2D eigenvalue weighted by Gasteiger charge is 2.04. The molecular weight excluding hydrogens is 364 g/mol. The average Bonchev–Trinajstić information content (AvgIpc) is 3.30. The van der Waals surface area contributed by atoms with Crippen molar-refractivity contribution in [1.82, 2.24) is 20.0 Å². The summed E-state index contributed by atoms with van der Waals surface area (Å²) in [7, 11) is 0. The maximum absolute atomic E-state index is 12.1. The van der Waals surface area contributed by atoms with Crippen molar-refractivity contribution in [2.75, 3.05) is 10.6 Å². The summed E-state index contributed by atoms with van der Waals surface area (Å²) in [6.07, 6.45) is 4.67. The SMILES string of the molecule is O=C(CCc1ccccc1)Nc1ccc(Nc2ccc(-n3cccn3)nn2)cc1. The first-order valence-electron chi connectivity index (χ1n) is 9.31. The molecule has 0 radical (unpaired) electrons. The van der Waals surface area contributed by atoms with E-state index in [-0.39, 0.29) is 5.91 Å². The lowest BCUT2D eigenvalue weighted by Gasteiger charge is -2.08. The number of aryl methyl sites for hydroxylation is 1. The number of rotatable bonds is 7. The van der Waals surface area contributed by atoms with Gasteiger partial charge < -0.3 is 10.6 Å². The van der Waals surface area contributed by atoms with E-state index in [0.717, 1.165) is 23.4 Å². The van der Waals surface area contributed by atoms with Crippen molar-refractivity contribution in [2.24, 2.45) is 0 Å². The zero-order valence-electron chi connectivity index (χ0n) is 15.7. The van der Waals surface area contributed by atoms with E-state index in [2.05, 4.69) is 25.9 Å². The molecule has 1 amide bonds. The van der Waals surface area contributed by atoms with E-state index in [0.29, 0.717) is 18.1 Å². The van der Waals surface area contributed by atoms with Crippen LogP contribution in [0.1, 0.15) is 12.0 Å². The highest BCUT2D eigenvalue weighted by atomic mass is 16.1. The first kappa shape index (κ1) is 18.4. The number of aromatic nitrogens is 4. The van der Waals surface area contributed by atoms with Gasteiger partial charge in [0.2, 0.25) is 5.91 Å². The van der Waals surface area contributed by atoms with Crippen molar-refractivity contribution < 1.29 is 4.79 Å². The number of hydrogen-bond donors (Lipinski definition) is 2. The molecule has 2 N–H and O–H groups in total. The van der Waals surface area contributed by atoms with Gasteiger partial charge in [0.15, 0.2) is 11.6 Å². The van der Waals surface area contributed by atoms with Crippen LogP contribution in [0.2, 0.25) is 0 Å². The topological polar surface area (TPSA) is 84.7 Å². The number of carbonyl (C=O) groups excluding carboxylic acids is 1. The molecular formula is C22H20N6O. The van der Waals surface area contributed by atoms with Crippen molar-refractivity contribution in [3.8, 4) is 5.82 Å². The molecule has 29 heavy (non-hydrogen) atoms. The van der Waals surface area contributed by atoms with Crippen molar-refractivity contribution in [1.29, 1.82) is 0 Å². The number of nitrogens with one attached hydrogen (secondary N) is 2. The Morgan fingerprint density at radius 3 is 2.34 bits per heavy atom. The summed E-state index contributed by atoms with van der Waals surface area (Å²) in [6, 6.07) is 23.0. The summed E-state index contributed by atoms with van der Waals surface area (Å²) >= 11 is 0. The van der Waals surface area contributed by atoms with Gasteiger partial charge >= 0.3 is 0 Å². The van der Waals surface area contributed by atoms with Crippen LogP contribution in [-0.4, -0.2) is 25.9 Å². The van der Waals surface area contributed by atoms with E-state index >= 15 is 0 Å². The van der Waals surface area contributed by atoms with E-state index in [4.69, 9.17) is 0 Å². The first-order chi connectivity index (χ1) is 14.3. The molecule has 4 aromatic rings. The summed E-state index contributed by atoms with van der Waals surface area (Å²) in [5.74, 6) is 1.27. The Morgan fingerprint density at radius 2 is 1.66 bits per heavy atom. The van der Waals surface area contributed by atoms with Crippen molar-refractivity contribution in [2.45, 2.75) is 12.8 Å². The van der Waals surface area contributed by atoms with Gasteiger partial charge in [-0.1, -0.05) is 30.3 Å². The Hall–Kier alpha value is -4.00. The molecule has 0 saturated carbocycles. The third-order valence-electron chi connectivity index (χ3n) is 4.31. The molecule has 144 valence electrons. The first-order valence-corrected chi connectivity index (χ1v) is 9.31. The molecule has 0 spiro atoms. The normalized spacial score (nSPS) is 10.5. The molecule has 0 bridgehead atoms. The fourth-order valence-corrected chi connectivity index (χ4v) is 2.83. The van der Waals surface area contributed by atoms with Crippen LogP contribution in [0.3, 0.4) is 0 Å². The third kappa shape index (κ3) is 5.04. The van der Waals surface area contributed by atoms with Crippen LogP contribution >= 0.6 is 0 Å². The molecule has 7 heteroatoms. The Kier molecular flexibility index (Phi) is 5.57. The molecule has 7 nitrogen and oxygen atoms in total. The maximum atomic E-state index is 12.1. The lowest BCUT2D eigenvalue weighted by Crippen LogP contribution is -2.12. The fraction of sp³-hybridized carbons (Fsp3) is 0.0909. The highest BCUT2D eigenvalue weighted by Crippen LogP contribution is 2.18. The molecule has 0 unspecified atom stereocenters. The quantitative estimate of drug-likeness (QED) is 0.503.